The van der Waals surface area contributed by atoms with Gasteiger partial charge in [0.2, 0.25) is 0 Å². The molecule has 0 aliphatic rings. The maximum absolute atomic E-state index is 11.9. The predicted octanol–water partition coefficient (Wildman–Crippen LogP) is 3.76. The van der Waals surface area contributed by atoms with E-state index in [4.69, 9.17) is 12.2 Å². The number of hydrogen-bond acceptors (Lipinski definition) is 3. The SMILES string of the molecule is Cc1ccc(C)c(NC(=S)NNC(=O)c2ccc(Br)s2)c1. The minimum atomic E-state index is -0.226. The van der Waals surface area contributed by atoms with Crippen molar-refractivity contribution in [3.8, 4) is 0 Å². The number of hydrogen-bond donors (Lipinski definition) is 3. The van der Waals surface area contributed by atoms with Crippen LogP contribution in [0.2, 0.25) is 0 Å². The molecule has 1 aromatic heterocycles. The van der Waals surface area contributed by atoms with Crippen LogP contribution in [-0.4, -0.2) is 11.0 Å². The zero-order valence-corrected chi connectivity index (χ0v) is 14.7. The molecule has 0 bridgehead atoms. The summed E-state index contributed by atoms with van der Waals surface area (Å²) in [4.78, 5) is 12.5. The van der Waals surface area contributed by atoms with Crippen molar-refractivity contribution >= 4 is 56.2 Å². The number of carbonyl (C=O) groups is 1. The Morgan fingerprint density at radius 1 is 1.19 bits per heavy atom. The molecule has 4 nitrogen and oxygen atoms in total. The second-order valence-electron chi connectivity index (χ2n) is 4.46. The Labute approximate surface area is 141 Å². The Hall–Kier alpha value is -1.44. The van der Waals surface area contributed by atoms with Crippen LogP contribution in [0.4, 0.5) is 5.69 Å². The van der Waals surface area contributed by atoms with Crippen LogP contribution in [-0.2, 0) is 0 Å². The Bertz CT molecular complexity index is 685. The van der Waals surface area contributed by atoms with E-state index in [9.17, 15) is 4.79 Å². The summed E-state index contributed by atoms with van der Waals surface area (Å²) in [5.74, 6) is -0.226. The molecule has 0 unspecified atom stereocenters. The summed E-state index contributed by atoms with van der Waals surface area (Å²) in [5.41, 5.74) is 8.40. The first-order chi connectivity index (χ1) is 9.95. The molecule has 21 heavy (non-hydrogen) atoms. The molecule has 3 N–H and O–H groups in total. The molecular weight excluding hydrogens is 370 g/mol. The van der Waals surface area contributed by atoms with Crippen molar-refractivity contribution in [1.82, 2.24) is 10.9 Å². The fourth-order valence-electron chi connectivity index (χ4n) is 1.64. The topological polar surface area (TPSA) is 53.2 Å². The molecule has 0 spiro atoms. The standard InChI is InChI=1S/C14H14BrN3OS2/c1-8-3-4-9(2)10(7-8)16-14(20)18-17-13(19)11-5-6-12(15)21-11/h3-7H,1-2H3,(H,17,19)(H2,16,18,20). The third-order valence-corrected chi connectivity index (χ3v) is 4.55. The number of nitrogens with one attached hydrogen (secondary N) is 3. The highest BCUT2D eigenvalue weighted by atomic mass is 79.9. The lowest BCUT2D eigenvalue weighted by atomic mass is 10.1. The number of benzene rings is 1. The lowest BCUT2D eigenvalue weighted by Crippen LogP contribution is -2.43. The van der Waals surface area contributed by atoms with E-state index in [1.165, 1.54) is 11.3 Å². The molecule has 0 aliphatic heterocycles. The van der Waals surface area contributed by atoms with E-state index in [1.54, 1.807) is 6.07 Å². The molecule has 1 aromatic carbocycles. The monoisotopic (exact) mass is 383 g/mol. The smallest absolute Gasteiger partial charge is 0.279 e. The molecular formula is C14H14BrN3OS2. The predicted molar refractivity (Wildman–Crippen MR) is 94.8 cm³/mol. The number of aryl methyl sites for hydroxylation is 2. The quantitative estimate of drug-likeness (QED) is 0.545. The van der Waals surface area contributed by atoms with Crippen molar-refractivity contribution in [3.05, 3.63) is 50.1 Å². The molecule has 0 saturated carbocycles. The third-order valence-electron chi connectivity index (χ3n) is 2.73. The van der Waals surface area contributed by atoms with Crippen LogP contribution < -0.4 is 16.2 Å². The summed E-state index contributed by atoms with van der Waals surface area (Å²) >= 11 is 9.85. The highest BCUT2D eigenvalue weighted by Crippen LogP contribution is 2.21. The van der Waals surface area contributed by atoms with Gasteiger partial charge in [0.1, 0.15) is 0 Å². The largest absolute Gasteiger partial charge is 0.331 e. The first kappa shape index (κ1) is 15.9. The van der Waals surface area contributed by atoms with Gasteiger partial charge in [-0.1, -0.05) is 12.1 Å². The van der Waals surface area contributed by atoms with Gasteiger partial charge in [0, 0.05) is 5.69 Å². The Balaban J connectivity index is 1.90. The maximum atomic E-state index is 11.9. The normalized spacial score (nSPS) is 10.0. The minimum Gasteiger partial charge on any atom is -0.331 e. The van der Waals surface area contributed by atoms with Crippen LogP contribution in [0.3, 0.4) is 0 Å². The summed E-state index contributed by atoms with van der Waals surface area (Å²) in [6, 6.07) is 9.62. The number of carbonyl (C=O) groups excluding carboxylic acids is 1. The van der Waals surface area contributed by atoms with Crippen molar-refractivity contribution in [2.45, 2.75) is 13.8 Å². The summed E-state index contributed by atoms with van der Waals surface area (Å²) in [7, 11) is 0. The molecule has 0 radical (unpaired) electrons. The van der Waals surface area contributed by atoms with Crippen molar-refractivity contribution in [2.24, 2.45) is 0 Å². The molecule has 0 fully saturated rings. The molecule has 1 amide bonds. The number of thiocarbonyl (C=S) groups is 1. The van der Waals surface area contributed by atoms with Crippen LogP contribution in [0, 0.1) is 13.8 Å². The fraction of sp³-hybridized carbons (Fsp3) is 0.143. The highest BCUT2D eigenvalue weighted by molar-refractivity contribution is 9.11. The third kappa shape index (κ3) is 4.52. The van der Waals surface area contributed by atoms with Crippen LogP contribution in [0.15, 0.2) is 34.1 Å². The molecule has 110 valence electrons. The van der Waals surface area contributed by atoms with E-state index in [0.29, 0.717) is 9.99 Å². The lowest BCUT2D eigenvalue weighted by molar-refractivity contribution is 0.0948. The lowest BCUT2D eigenvalue weighted by Gasteiger charge is -2.13. The van der Waals surface area contributed by atoms with E-state index >= 15 is 0 Å². The van der Waals surface area contributed by atoms with Gasteiger partial charge in [-0.2, -0.15) is 0 Å². The summed E-state index contributed by atoms with van der Waals surface area (Å²) in [6.07, 6.45) is 0. The van der Waals surface area contributed by atoms with Gasteiger partial charge in [-0.05, 0) is 71.3 Å². The van der Waals surface area contributed by atoms with Crippen molar-refractivity contribution in [1.29, 1.82) is 0 Å². The van der Waals surface area contributed by atoms with E-state index < -0.39 is 0 Å². The van der Waals surface area contributed by atoms with Crippen molar-refractivity contribution in [3.63, 3.8) is 0 Å². The van der Waals surface area contributed by atoms with Gasteiger partial charge < -0.3 is 5.32 Å². The molecule has 0 saturated heterocycles. The van der Waals surface area contributed by atoms with Crippen LogP contribution in [0.5, 0.6) is 0 Å². The minimum absolute atomic E-state index is 0.226. The molecule has 7 heteroatoms. The number of anilines is 1. The van der Waals surface area contributed by atoms with Gasteiger partial charge in [0.15, 0.2) is 5.11 Å². The van der Waals surface area contributed by atoms with Gasteiger partial charge in [-0.15, -0.1) is 11.3 Å². The van der Waals surface area contributed by atoms with Gasteiger partial charge in [-0.25, -0.2) is 0 Å². The zero-order valence-electron chi connectivity index (χ0n) is 11.5. The molecule has 2 aromatic rings. The van der Waals surface area contributed by atoms with E-state index in [2.05, 4.69) is 32.1 Å². The fourth-order valence-corrected chi connectivity index (χ4v) is 3.08. The second kappa shape index (κ2) is 7.02. The van der Waals surface area contributed by atoms with Crippen LogP contribution in [0.25, 0.3) is 0 Å². The van der Waals surface area contributed by atoms with Gasteiger partial charge in [-0.3, -0.25) is 15.6 Å². The molecule has 0 atom stereocenters. The number of amides is 1. The second-order valence-corrected chi connectivity index (χ2v) is 7.33. The Kier molecular flexibility index (Phi) is 5.33. The molecule has 2 rings (SSSR count). The van der Waals surface area contributed by atoms with E-state index in [0.717, 1.165) is 20.6 Å². The highest BCUT2D eigenvalue weighted by Gasteiger charge is 2.08. The van der Waals surface area contributed by atoms with Crippen molar-refractivity contribution < 1.29 is 4.79 Å². The van der Waals surface area contributed by atoms with Gasteiger partial charge >= 0.3 is 0 Å². The number of halogens is 1. The maximum Gasteiger partial charge on any atom is 0.279 e. The van der Waals surface area contributed by atoms with Gasteiger partial charge in [0.05, 0.1) is 8.66 Å². The molecule has 1 heterocycles. The van der Waals surface area contributed by atoms with E-state index in [1.807, 2.05) is 38.1 Å². The first-order valence-corrected chi connectivity index (χ1v) is 8.17. The van der Waals surface area contributed by atoms with Crippen molar-refractivity contribution in [2.75, 3.05) is 5.32 Å². The number of hydrazine groups is 1. The molecule has 0 aliphatic carbocycles. The average molecular weight is 384 g/mol. The summed E-state index contributed by atoms with van der Waals surface area (Å²) < 4.78 is 0.906. The Morgan fingerprint density at radius 2 is 1.95 bits per heavy atom. The summed E-state index contributed by atoms with van der Waals surface area (Å²) in [5, 5.41) is 3.40. The Morgan fingerprint density at radius 3 is 2.62 bits per heavy atom. The summed E-state index contributed by atoms with van der Waals surface area (Å²) in [6.45, 7) is 4.00. The van der Waals surface area contributed by atoms with Crippen LogP contribution >= 0.6 is 39.5 Å². The number of thiophene rings is 1. The zero-order chi connectivity index (χ0) is 15.4. The van der Waals surface area contributed by atoms with Crippen LogP contribution in [0.1, 0.15) is 20.8 Å². The van der Waals surface area contributed by atoms with E-state index in [-0.39, 0.29) is 5.91 Å². The number of rotatable bonds is 2. The van der Waals surface area contributed by atoms with Gasteiger partial charge in [0.25, 0.3) is 5.91 Å². The average Bonchev–Trinajstić information content (AvgIpc) is 2.87. The first-order valence-electron chi connectivity index (χ1n) is 6.15.